The summed E-state index contributed by atoms with van der Waals surface area (Å²) in [5.41, 5.74) is 3.52. The zero-order valence-corrected chi connectivity index (χ0v) is 9.85. The molecule has 1 aromatic heterocycles. The fourth-order valence-corrected chi connectivity index (χ4v) is 2.58. The summed E-state index contributed by atoms with van der Waals surface area (Å²) in [7, 11) is 0. The third-order valence-corrected chi connectivity index (χ3v) is 3.44. The zero-order chi connectivity index (χ0) is 12.5. The van der Waals surface area contributed by atoms with Gasteiger partial charge in [0.15, 0.2) is 5.76 Å². The summed E-state index contributed by atoms with van der Waals surface area (Å²) in [5, 5.41) is 12.7. The molecule has 0 saturated carbocycles. The van der Waals surface area contributed by atoms with E-state index in [-0.39, 0.29) is 5.56 Å². The molecule has 4 heteroatoms. The largest absolute Gasteiger partial charge is 0.477 e. The molecule has 0 spiro atoms. The van der Waals surface area contributed by atoms with Crippen LogP contribution < -0.4 is 0 Å². The van der Waals surface area contributed by atoms with Crippen LogP contribution in [-0.4, -0.2) is 16.2 Å². The molecule has 0 bridgehead atoms. The summed E-state index contributed by atoms with van der Waals surface area (Å²) < 4.78 is 5.15. The monoisotopic (exact) mass is 243 g/mol. The Morgan fingerprint density at radius 2 is 2.11 bits per heavy atom. The lowest BCUT2D eigenvalue weighted by atomic mass is 9.87. The van der Waals surface area contributed by atoms with Crippen molar-refractivity contribution in [3.05, 3.63) is 41.1 Å². The summed E-state index contributed by atoms with van der Waals surface area (Å²) in [4.78, 5) is 11.1. The Bertz CT molecular complexity index is 601. The van der Waals surface area contributed by atoms with E-state index in [1.54, 1.807) is 0 Å². The quantitative estimate of drug-likeness (QED) is 0.880. The van der Waals surface area contributed by atoms with Gasteiger partial charge in [0.2, 0.25) is 0 Å². The molecule has 18 heavy (non-hydrogen) atoms. The van der Waals surface area contributed by atoms with E-state index in [4.69, 9.17) is 9.63 Å². The fourth-order valence-electron chi connectivity index (χ4n) is 2.58. The number of aromatic nitrogens is 1. The molecule has 0 radical (unpaired) electrons. The Kier molecular flexibility index (Phi) is 2.63. The van der Waals surface area contributed by atoms with E-state index in [1.807, 2.05) is 12.1 Å². The third kappa shape index (κ3) is 1.70. The minimum absolute atomic E-state index is 0.133. The highest BCUT2D eigenvalue weighted by molar-refractivity contribution is 5.94. The first kappa shape index (κ1) is 11.0. The number of fused-ring (bicyclic) bond motifs is 1. The highest BCUT2D eigenvalue weighted by Gasteiger charge is 2.21. The Morgan fingerprint density at radius 1 is 1.28 bits per heavy atom. The third-order valence-electron chi connectivity index (χ3n) is 3.44. The van der Waals surface area contributed by atoms with E-state index in [0.29, 0.717) is 5.76 Å². The molecular formula is C14H13NO3. The second-order valence-corrected chi connectivity index (χ2v) is 4.52. The van der Waals surface area contributed by atoms with Gasteiger partial charge in [0.05, 0.1) is 6.20 Å². The molecule has 0 unspecified atom stereocenters. The number of aryl methyl sites for hydroxylation is 1. The van der Waals surface area contributed by atoms with Crippen molar-refractivity contribution in [3.63, 3.8) is 0 Å². The van der Waals surface area contributed by atoms with E-state index in [1.165, 1.54) is 23.7 Å². The maximum Gasteiger partial charge on any atom is 0.341 e. The van der Waals surface area contributed by atoms with Gasteiger partial charge >= 0.3 is 5.97 Å². The molecule has 1 heterocycles. The van der Waals surface area contributed by atoms with E-state index < -0.39 is 5.97 Å². The van der Waals surface area contributed by atoms with E-state index in [0.717, 1.165) is 24.8 Å². The van der Waals surface area contributed by atoms with Gasteiger partial charge in [-0.3, -0.25) is 0 Å². The Balaban J connectivity index is 2.17. The van der Waals surface area contributed by atoms with Crippen molar-refractivity contribution in [1.82, 2.24) is 5.16 Å². The number of carboxylic acids is 1. The highest BCUT2D eigenvalue weighted by Crippen LogP contribution is 2.33. The predicted molar refractivity (Wildman–Crippen MR) is 65.5 cm³/mol. The summed E-state index contributed by atoms with van der Waals surface area (Å²) >= 11 is 0. The fraction of sp³-hybridized carbons (Fsp3) is 0.286. The second-order valence-electron chi connectivity index (χ2n) is 4.52. The molecule has 0 atom stereocenters. The van der Waals surface area contributed by atoms with Crippen molar-refractivity contribution in [2.45, 2.75) is 25.7 Å². The summed E-state index contributed by atoms with van der Waals surface area (Å²) in [5.74, 6) is -0.624. The van der Waals surface area contributed by atoms with Gasteiger partial charge in [-0.1, -0.05) is 23.4 Å². The van der Waals surface area contributed by atoms with Crippen LogP contribution in [0.2, 0.25) is 0 Å². The second kappa shape index (κ2) is 4.29. The van der Waals surface area contributed by atoms with Crippen molar-refractivity contribution in [2.75, 3.05) is 0 Å². The molecule has 1 aromatic carbocycles. The first-order valence-electron chi connectivity index (χ1n) is 6.06. The standard InChI is InChI=1S/C14H13NO3/c16-14(17)12-8-15-18-13(12)11-7-3-5-9-4-1-2-6-10(9)11/h3,5,7-8H,1-2,4,6H2,(H,16,17). The van der Waals surface area contributed by atoms with Gasteiger partial charge in [-0.25, -0.2) is 4.79 Å². The lowest BCUT2D eigenvalue weighted by Gasteiger charge is -2.18. The van der Waals surface area contributed by atoms with E-state index in [2.05, 4.69) is 11.2 Å². The molecule has 0 amide bonds. The average Bonchev–Trinajstić information content (AvgIpc) is 2.87. The van der Waals surface area contributed by atoms with Crippen LogP contribution in [-0.2, 0) is 12.8 Å². The smallest absolute Gasteiger partial charge is 0.341 e. The summed E-state index contributed by atoms with van der Waals surface area (Å²) in [6, 6.07) is 5.97. The topological polar surface area (TPSA) is 63.3 Å². The lowest BCUT2D eigenvalue weighted by molar-refractivity contribution is 0.0697. The van der Waals surface area contributed by atoms with Gasteiger partial charge in [-0.2, -0.15) is 0 Å². The molecule has 1 aliphatic carbocycles. The van der Waals surface area contributed by atoms with Gasteiger partial charge < -0.3 is 9.63 Å². The van der Waals surface area contributed by atoms with Crippen LogP contribution in [0.4, 0.5) is 0 Å². The molecule has 0 fully saturated rings. The van der Waals surface area contributed by atoms with Crippen LogP contribution in [0.15, 0.2) is 28.9 Å². The molecule has 92 valence electrons. The van der Waals surface area contributed by atoms with Gasteiger partial charge in [0, 0.05) is 5.56 Å². The molecule has 0 aliphatic heterocycles. The number of hydrogen-bond donors (Lipinski definition) is 1. The predicted octanol–water partition coefficient (Wildman–Crippen LogP) is 2.92. The normalized spacial score (nSPS) is 14.2. The number of rotatable bonds is 2. The van der Waals surface area contributed by atoms with Crippen molar-refractivity contribution in [1.29, 1.82) is 0 Å². The minimum atomic E-state index is -1.00. The number of carboxylic acid groups (broad SMARTS) is 1. The van der Waals surface area contributed by atoms with Crippen LogP contribution in [0.25, 0.3) is 11.3 Å². The van der Waals surface area contributed by atoms with Crippen LogP contribution in [0, 0.1) is 0 Å². The molecule has 3 rings (SSSR count). The molecule has 1 aliphatic rings. The summed E-state index contributed by atoms with van der Waals surface area (Å²) in [6.07, 6.45) is 5.63. The van der Waals surface area contributed by atoms with Gasteiger partial charge in [0.25, 0.3) is 0 Å². The minimum Gasteiger partial charge on any atom is -0.477 e. The lowest BCUT2D eigenvalue weighted by Crippen LogP contribution is -2.05. The van der Waals surface area contributed by atoms with E-state index in [9.17, 15) is 4.79 Å². The van der Waals surface area contributed by atoms with Gasteiger partial charge in [-0.15, -0.1) is 0 Å². The Morgan fingerprint density at radius 3 is 2.94 bits per heavy atom. The van der Waals surface area contributed by atoms with Crippen molar-refractivity contribution >= 4 is 5.97 Å². The Labute approximate surface area is 104 Å². The van der Waals surface area contributed by atoms with Crippen LogP contribution in [0.3, 0.4) is 0 Å². The average molecular weight is 243 g/mol. The maximum absolute atomic E-state index is 11.1. The Hall–Kier alpha value is -2.10. The molecule has 0 saturated heterocycles. The number of aromatic carboxylic acids is 1. The van der Waals surface area contributed by atoms with Gasteiger partial charge in [-0.05, 0) is 36.8 Å². The SMILES string of the molecule is O=C(O)c1cnoc1-c1cccc2c1CCCC2. The number of hydrogen-bond acceptors (Lipinski definition) is 3. The number of nitrogens with zero attached hydrogens (tertiary/aromatic N) is 1. The molecular weight excluding hydrogens is 230 g/mol. The van der Waals surface area contributed by atoms with E-state index >= 15 is 0 Å². The molecule has 4 nitrogen and oxygen atoms in total. The number of carbonyl (C=O) groups is 1. The van der Waals surface area contributed by atoms with Crippen LogP contribution in [0.5, 0.6) is 0 Å². The van der Waals surface area contributed by atoms with Crippen molar-refractivity contribution in [3.8, 4) is 11.3 Å². The van der Waals surface area contributed by atoms with Gasteiger partial charge in [0.1, 0.15) is 5.56 Å². The molecule has 1 N–H and O–H groups in total. The summed E-state index contributed by atoms with van der Waals surface area (Å²) in [6.45, 7) is 0. The van der Waals surface area contributed by atoms with Crippen LogP contribution in [0.1, 0.15) is 34.3 Å². The number of benzene rings is 1. The molecule has 2 aromatic rings. The first-order chi connectivity index (χ1) is 8.77. The first-order valence-corrected chi connectivity index (χ1v) is 6.06. The van der Waals surface area contributed by atoms with Crippen molar-refractivity contribution in [2.24, 2.45) is 0 Å². The van der Waals surface area contributed by atoms with Crippen molar-refractivity contribution < 1.29 is 14.4 Å². The zero-order valence-electron chi connectivity index (χ0n) is 9.85. The maximum atomic E-state index is 11.1. The van der Waals surface area contributed by atoms with Crippen LogP contribution >= 0.6 is 0 Å². The highest BCUT2D eigenvalue weighted by atomic mass is 16.5.